The molecule has 0 bridgehead atoms. The van der Waals surface area contributed by atoms with Crippen molar-refractivity contribution in [2.75, 3.05) is 0 Å². The quantitative estimate of drug-likeness (QED) is 0.703. The van der Waals surface area contributed by atoms with E-state index in [0.29, 0.717) is 18.1 Å². The number of ketones is 1. The molecule has 1 aromatic carbocycles. The number of halogens is 1. The van der Waals surface area contributed by atoms with E-state index in [1.807, 2.05) is 12.1 Å². The highest BCUT2D eigenvalue weighted by atomic mass is 79.9. The number of carbonyl (C=O) groups excluding carboxylic acids is 1. The summed E-state index contributed by atoms with van der Waals surface area (Å²) in [6.07, 6.45) is 5.06. The van der Waals surface area contributed by atoms with E-state index in [1.54, 1.807) is 0 Å². The Balaban J connectivity index is 2.15. The van der Waals surface area contributed by atoms with E-state index in [-0.39, 0.29) is 5.41 Å². The molecule has 1 nitrogen and oxygen atoms in total. The Morgan fingerprint density at radius 2 is 1.89 bits per heavy atom. The molecule has 1 aromatic rings. The summed E-state index contributed by atoms with van der Waals surface area (Å²) in [7, 11) is 0. The largest absolute Gasteiger partial charge is 0.298 e. The van der Waals surface area contributed by atoms with E-state index in [1.165, 1.54) is 6.42 Å². The zero-order chi connectivity index (χ0) is 12.8. The predicted molar refractivity (Wildman–Crippen MR) is 76.5 cm³/mol. The summed E-state index contributed by atoms with van der Waals surface area (Å²) in [4.78, 5) is 12.6. The highest BCUT2D eigenvalue weighted by Gasteiger charge is 2.53. The number of carbonyl (C=O) groups is 1. The van der Waals surface area contributed by atoms with Gasteiger partial charge in [0.25, 0.3) is 0 Å². The van der Waals surface area contributed by atoms with Crippen LogP contribution in [0.4, 0.5) is 0 Å². The van der Waals surface area contributed by atoms with Crippen molar-refractivity contribution in [3.05, 3.63) is 46.5 Å². The average Bonchev–Trinajstić information content (AvgIpc) is 2.70. The van der Waals surface area contributed by atoms with Gasteiger partial charge in [0.05, 0.1) is 5.41 Å². The molecule has 2 saturated carbocycles. The molecule has 94 valence electrons. The van der Waals surface area contributed by atoms with Crippen LogP contribution in [0.15, 0.2) is 40.9 Å². The van der Waals surface area contributed by atoms with E-state index in [0.717, 1.165) is 34.9 Å². The summed E-state index contributed by atoms with van der Waals surface area (Å²) in [5, 5.41) is 0. The minimum absolute atomic E-state index is 0.362. The van der Waals surface area contributed by atoms with Crippen molar-refractivity contribution in [3.63, 3.8) is 0 Å². The molecule has 0 spiro atoms. The Morgan fingerprint density at radius 1 is 1.17 bits per heavy atom. The van der Waals surface area contributed by atoms with Crippen molar-refractivity contribution in [3.8, 4) is 0 Å². The fourth-order valence-electron chi connectivity index (χ4n) is 3.86. The second-order valence-electron chi connectivity index (χ2n) is 5.47. The standard InChI is InChI=1S/C16H17BrO/c1-11-5-6-12-3-2-4-15(18)16(11,12)13-7-9-14(17)10-8-13/h7-10,12H,1-6H2/t12-,16+/m0/s1. The average molecular weight is 305 g/mol. The molecule has 2 aliphatic carbocycles. The summed E-state index contributed by atoms with van der Waals surface area (Å²) in [5.74, 6) is 0.871. The topological polar surface area (TPSA) is 17.1 Å². The molecule has 2 atom stereocenters. The van der Waals surface area contributed by atoms with Crippen molar-refractivity contribution in [1.82, 2.24) is 0 Å². The third-order valence-electron chi connectivity index (χ3n) is 4.66. The fraction of sp³-hybridized carbons (Fsp3) is 0.438. The van der Waals surface area contributed by atoms with Crippen molar-refractivity contribution in [2.45, 2.75) is 37.5 Å². The van der Waals surface area contributed by atoms with Crippen molar-refractivity contribution >= 4 is 21.7 Å². The monoisotopic (exact) mass is 304 g/mol. The van der Waals surface area contributed by atoms with Gasteiger partial charge in [0.15, 0.2) is 0 Å². The molecule has 2 heteroatoms. The Bertz CT molecular complexity index is 502. The number of rotatable bonds is 1. The maximum absolute atomic E-state index is 12.6. The molecule has 0 aliphatic heterocycles. The molecule has 3 rings (SSSR count). The lowest BCUT2D eigenvalue weighted by molar-refractivity contribution is -0.126. The van der Waals surface area contributed by atoms with Gasteiger partial charge in [-0.3, -0.25) is 4.79 Å². The zero-order valence-electron chi connectivity index (χ0n) is 10.4. The van der Waals surface area contributed by atoms with E-state index in [4.69, 9.17) is 0 Å². The first-order valence-electron chi connectivity index (χ1n) is 6.63. The Labute approximate surface area is 116 Å². The van der Waals surface area contributed by atoms with Gasteiger partial charge in [0.1, 0.15) is 5.78 Å². The van der Waals surface area contributed by atoms with Crippen LogP contribution in [-0.4, -0.2) is 5.78 Å². The molecule has 0 saturated heterocycles. The molecule has 0 heterocycles. The van der Waals surface area contributed by atoms with E-state index in [9.17, 15) is 4.79 Å². The Kier molecular flexibility index (Phi) is 2.93. The lowest BCUT2D eigenvalue weighted by atomic mass is 9.62. The smallest absolute Gasteiger partial charge is 0.147 e. The second-order valence-corrected chi connectivity index (χ2v) is 6.39. The summed E-state index contributed by atoms with van der Waals surface area (Å²) < 4.78 is 1.06. The number of Topliss-reactive ketones (excluding diaryl/α,β-unsaturated/α-hetero) is 1. The van der Waals surface area contributed by atoms with Crippen molar-refractivity contribution < 1.29 is 4.79 Å². The number of allylic oxidation sites excluding steroid dienone is 1. The molecule has 0 N–H and O–H groups in total. The SMILES string of the molecule is C=C1CC[C@@H]2CCCC(=O)[C@]12c1ccc(Br)cc1. The van der Waals surface area contributed by atoms with Crippen molar-refractivity contribution in [1.29, 1.82) is 0 Å². The zero-order valence-corrected chi connectivity index (χ0v) is 12.0. The van der Waals surface area contributed by atoms with Gasteiger partial charge in [-0.2, -0.15) is 0 Å². The Hall–Kier alpha value is -0.890. The third kappa shape index (κ3) is 1.55. The van der Waals surface area contributed by atoms with Crippen LogP contribution in [0.25, 0.3) is 0 Å². The van der Waals surface area contributed by atoms with Crippen LogP contribution in [0.2, 0.25) is 0 Å². The van der Waals surface area contributed by atoms with Crippen LogP contribution < -0.4 is 0 Å². The van der Waals surface area contributed by atoms with E-state index in [2.05, 4.69) is 34.6 Å². The predicted octanol–water partition coefficient (Wildman–Crippen LogP) is 4.41. The molecule has 18 heavy (non-hydrogen) atoms. The van der Waals surface area contributed by atoms with Crippen LogP contribution in [0.1, 0.15) is 37.7 Å². The minimum Gasteiger partial charge on any atom is -0.298 e. The normalized spacial score (nSPS) is 31.5. The van der Waals surface area contributed by atoms with Gasteiger partial charge < -0.3 is 0 Å². The lowest BCUT2D eigenvalue weighted by Crippen LogP contribution is -2.43. The first-order valence-corrected chi connectivity index (χ1v) is 7.42. The van der Waals surface area contributed by atoms with Crippen LogP contribution in [0.5, 0.6) is 0 Å². The van der Waals surface area contributed by atoms with E-state index >= 15 is 0 Å². The third-order valence-corrected chi connectivity index (χ3v) is 5.19. The molecular weight excluding hydrogens is 288 g/mol. The highest BCUT2D eigenvalue weighted by molar-refractivity contribution is 9.10. The minimum atomic E-state index is -0.362. The fourth-order valence-corrected chi connectivity index (χ4v) is 4.12. The Morgan fingerprint density at radius 3 is 2.61 bits per heavy atom. The molecule has 0 radical (unpaired) electrons. The molecule has 0 amide bonds. The first-order chi connectivity index (χ1) is 8.65. The number of hydrogen-bond donors (Lipinski definition) is 0. The first kappa shape index (κ1) is 12.2. The van der Waals surface area contributed by atoms with Crippen LogP contribution >= 0.6 is 15.9 Å². The van der Waals surface area contributed by atoms with Gasteiger partial charge in [0.2, 0.25) is 0 Å². The summed E-state index contributed by atoms with van der Waals surface area (Å²) in [6.45, 7) is 4.23. The summed E-state index contributed by atoms with van der Waals surface area (Å²) >= 11 is 3.46. The number of fused-ring (bicyclic) bond motifs is 1. The summed E-state index contributed by atoms with van der Waals surface area (Å²) in [5.41, 5.74) is 1.93. The molecule has 0 unspecified atom stereocenters. The number of hydrogen-bond acceptors (Lipinski definition) is 1. The lowest BCUT2D eigenvalue weighted by Gasteiger charge is -2.39. The van der Waals surface area contributed by atoms with Gasteiger partial charge in [-0.1, -0.05) is 40.2 Å². The highest BCUT2D eigenvalue weighted by Crippen LogP contribution is 2.54. The van der Waals surface area contributed by atoms with Gasteiger partial charge in [-0.15, -0.1) is 0 Å². The molecule has 2 aliphatic rings. The van der Waals surface area contributed by atoms with Crippen LogP contribution in [-0.2, 0) is 10.2 Å². The molecular formula is C16H17BrO. The van der Waals surface area contributed by atoms with Gasteiger partial charge in [-0.05, 0) is 49.3 Å². The number of benzene rings is 1. The van der Waals surface area contributed by atoms with Crippen LogP contribution in [0, 0.1) is 5.92 Å². The molecule has 0 aromatic heterocycles. The van der Waals surface area contributed by atoms with Gasteiger partial charge in [-0.25, -0.2) is 0 Å². The van der Waals surface area contributed by atoms with Crippen LogP contribution in [0.3, 0.4) is 0 Å². The second kappa shape index (κ2) is 4.34. The van der Waals surface area contributed by atoms with Gasteiger partial charge >= 0.3 is 0 Å². The van der Waals surface area contributed by atoms with Gasteiger partial charge in [0, 0.05) is 10.9 Å². The maximum Gasteiger partial charge on any atom is 0.147 e. The maximum atomic E-state index is 12.6. The molecule has 2 fully saturated rings. The van der Waals surface area contributed by atoms with Crippen molar-refractivity contribution in [2.24, 2.45) is 5.92 Å². The van der Waals surface area contributed by atoms with E-state index < -0.39 is 0 Å². The summed E-state index contributed by atoms with van der Waals surface area (Å²) in [6, 6.07) is 8.26.